The second-order valence-electron chi connectivity index (χ2n) is 3.47. The van der Waals surface area contributed by atoms with Crippen molar-refractivity contribution >= 4 is 23.2 Å². The topological polar surface area (TPSA) is 34.1 Å². The molecule has 0 fully saturated rings. The highest BCUT2D eigenvalue weighted by molar-refractivity contribution is 6.34. The Morgan fingerprint density at radius 2 is 1.20 bits per heavy atom. The van der Waals surface area contributed by atoms with Crippen LogP contribution in [0.25, 0.3) is 0 Å². The molecule has 0 atom stereocenters. The van der Waals surface area contributed by atoms with Crippen LogP contribution in [0.4, 0.5) is 30.7 Å². The first-order chi connectivity index (χ1) is 8.98. The predicted octanol–water partition coefficient (Wildman–Crippen LogP) is 3.36. The quantitative estimate of drug-likeness (QED) is 0.213. The average Bonchev–Trinajstić information content (AvgIpc) is 2.33. The molecule has 0 aliphatic heterocycles. The van der Waals surface area contributed by atoms with Gasteiger partial charge in [-0.05, 0) is 11.6 Å². The number of carbonyl (C=O) groups excluding carboxylic acids is 2. The fraction of sp³-hybridized carbons (Fsp3) is 0.200. The van der Waals surface area contributed by atoms with Crippen LogP contribution in [0.2, 0.25) is 0 Å². The minimum absolute atomic E-state index is 1.82. The summed E-state index contributed by atoms with van der Waals surface area (Å²) < 4.78 is 89.0. The molecule has 0 aliphatic rings. The van der Waals surface area contributed by atoms with Crippen LogP contribution in [-0.4, -0.2) is 16.9 Å². The van der Waals surface area contributed by atoms with Crippen LogP contribution in [0.3, 0.4) is 0 Å². The fourth-order valence-electron chi connectivity index (χ4n) is 1.18. The van der Waals surface area contributed by atoms with Crippen molar-refractivity contribution in [2.75, 3.05) is 0 Å². The lowest BCUT2D eigenvalue weighted by Gasteiger charge is -2.08. The Morgan fingerprint density at radius 3 is 1.55 bits per heavy atom. The maximum Gasteiger partial charge on any atom is 0.380 e. The molecule has 0 bridgehead atoms. The summed E-state index contributed by atoms with van der Waals surface area (Å²) in [6.45, 7) is 0. The molecule has 0 radical (unpaired) electrons. The van der Waals surface area contributed by atoms with E-state index in [4.69, 9.17) is 0 Å². The highest BCUT2D eigenvalue weighted by Gasteiger charge is 2.38. The van der Waals surface area contributed by atoms with E-state index >= 15 is 0 Å². The molecule has 0 saturated heterocycles. The normalized spacial score (nSPS) is 11.6. The van der Waals surface area contributed by atoms with Gasteiger partial charge in [-0.3, -0.25) is 9.59 Å². The van der Waals surface area contributed by atoms with Gasteiger partial charge >= 0.3 is 5.38 Å². The molecule has 1 aromatic rings. The van der Waals surface area contributed by atoms with Crippen LogP contribution in [0, 0.1) is 29.1 Å². The Labute approximate surface area is 111 Å². The first kappa shape index (κ1) is 16.4. The van der Waals surface area contributed by atoms with Crippen molar-refractivity contribution < 1.29 is 40.3 Å². The molecular formula is C10H2ClF7O2. The lowest BCUT2D eigenvalue weighted by molar-refractivity contribution is -0.132. The Hall–Kier alpha value is -1.64. The van der Waals surface area contributed by atoms with E-state index in [1.807, 2.05) is 0 Å². The summed E-state index contributed by atoms with van der Waals surface area (Å²) in [7, 11) is 0. The van der Waals surface area contributed by atoms with E-state index in [-0.39, 0.29) is 0 Å². The first-order valence-corrected chi connectivity index (χ1v) is 5.01. The van der Waals surface area contributed by atoms with Gasteiger partial charge in [0.2, 0.25) is 11.6 Å². The summed E-state index contributed by atoms with van der Waals surface area (Å²) >= 11 is 4.25. The molecule has 0 N–H and O–H groups in total. The van der Waals surface area contributed by atoms with Crippen molar-refractivity contribution in [3.8, 4) is 0 Å². The minimum atomic E-state index is -4.50. The molecule has 2 nitrogen and oxygen atoms in total. The molecule has 20 heavy (non-hydrogen) atoms. The van der Waals surface area contributed by atoms with E-state index in [0.717, 1.165) is 0 Å². The molecule has 1 aromatic carbocycles. The molecule has 0 amide bonds. The van der Waals surface area contributed by atoms with Gasteiger partial charge in [0, 0.05) is 0 Å². The third kappa shape index (κ3) is 2.92. The molecule has 0 saturated carbocycles. The smallest absolute Gasteiger partial charge is 0.293 e. The first-order valence-electron chi connectivity index (χ1n) is 4.63. The maximum atomic E-state index is 13.1. The number of halogens is 8. The van der Waals surface area contributed by atoms with Crippen molar-refractivity contribution in [2.45, 2.75) is 11.8 Å². The number of hydrogen-bond acceptors (Lipinski definition) is 2. The van der Waals surface area contributed by atoms with Crippen LogP contribution in [0.1, 0.15) is 16.8 Å². The third-order valence-electron chi connectivity index (χ3n) is 2.13. The SMILES string of the molecule is O=C(CC(=O)C(F)(F)Cl)c1c(F)c(F)c(F)c(F)c1F. The summed E-state index contributed by atoms with van der Waals surface area (Å²) in [6.07, 6.45) is -1.82. The number of carbonyl (C=O) groups is 2. The molecule has 1 rings (SSSR count). The largest absolute Gasteiger partial charge is 0.380 e. The highest BCUT2D eigenvalue weighted by Crippen LogP contribution is 2.26. The van der Waals surface area contributed by atoms with E-state index in [1.165, 1.54) is 0 Å². The Bertz CT molecular complexity index is 565. The van der Waals surface area contributed by atoms with Gasteiger partial charge in [-0.1, -0.05) is 0 Å². The van der Waals surface area contributed by atoms with Crippen molar-refractivity contribution in [3.63, 3.8) is 0 Å². The van der Waals surface area contributed by atoms with E-state index in [9.17, 15) is 40.3 Å². The molecule has 0 aromatic heterocycles. The Morgan fingerprint density at radius 1 is 0.850 bits per heavy atom. The van der Waals surface area contributed by atoms with Gasteiger partial charge in [0.15, 0.2) is 29.1 Å². The summed E-state index contributed by atoms with van der Waals surface area (Å²) in [5, 5.41) is -4.50. The van der Waals surface area contributed by atoms with Gasteiger partial charge in [-0.2, -0.15) is 8.78 Å². The standard InChI is InChI=1S/C10H2ClF7O2/c11-10(17,18)3(20)1-2(19)4-5(12)7(14)9(16)8(15)6(4)13/h1H2. The van der Waals surface area contributed by atoms with Crippen LogP contribution in [-0.2, 0) is 4.79 Å². The van der Waals surface area contributed by atoms with Crippen molar-refractivity contribution in [1.29, 1.82) is 0 Å². The van der Waals surface area contributed by atoms with Crippen LogP contribution in [0.5, 0.6) is 0 Å². The molecular weight excluding hydrogens is 321 g/mol. The molecule has 0 heterocycles. The van der Waals surface area contributed by atoms with Gasteiger partial charge in [-0.25, -0.2) is 22.0 Å². The molecule has 10 heteroatoms. The molecule has 0 spiro atoms. The van der Waals surface area contributed by atoms with Crippen LogP contribution in [0.15, 0.2) is 0 Å². The fourth-order valence-corrected chi connectivity index (χ4v) is 1.25. The van der Waals surface area contributed by atoms with Crippen molar-refractivity contribution in [2.24, 2.45) is 0 Å². The van der Waals surface area contributed by atoms with Gasteiger partial charge in [0.1, 0.15) is 0 Å². The van der Waals surface area contributed by atoms with Gasteiger partial charge in [0.25, 0.3) is 0 Å². The number of benzene rings is 1. The minimum Gasteiger partial charge on any atom is -0.293 e. The van der Waals surface area contributed by atoms with Gasteiger partial charge in [-0.15, -0.1) is 0 Å². The number of alkyl halides is 3. The van der Waals surface area contributed by atoms with Crippen molar-refractivity contribution in [3.05, 3.63) is 34.6 Å². The zero-order valence-corrected chi connectivity index (χ0v) is 9.80. The van der Waals surface area contributed by atoms with Crippen LogP contribution >= 0.6 is 11.6 Å². The number of ketones is 2. The van der Waals surface area contributed by atoms with E-state index < -0.39 is 58.0 Å². The third-order valence-corrected chi connectivity index (χ3v) is 2.34. The average molecular weight is 323 g/mol. The highest BCUT2D eigenvalue weighted by atomic mass is 35.5. The lowest BCUT2D eigenvalue weighted by atomic mass is 10.0. The summed E-state index contributed by atoms with van der Waals surface area (Å²) in [5.74, 6) is -16.7. The van der Waals surface area contributed by atoms with Crippen LogP contribution < -0.4 is 0 Å². The second-order valence-corrected chi connectivity index (χ2v) is 3.94. The number of hydrogen-bond donors (Lipinski definition) is 0. The lowest BCUT2D eigenvalue weighted by Crippen LogP contribution is -2.25. The monoisotopic (exact) mass is 322 g/mol. The molecule has 110 valence electrons. The molecule has 0 aliphatic carbocycles. The van der Waals surface area contributed by atoms with E-state index in [1.54, 1.807) is 0 Å². The number of rotatable bonds is 4. The Balaban J connectivity index is 3.28. The molecule has 0 unspecified atom stereocenters. The van der Waals surface area contributed by atoms with Gasteiger partial charge in [0.05, 0.1) is 12.0 Å². The van der Waals surface area contributed by atoms with Crippen molar-refractivity contribution in [1.82, 2.24) is 0 Å². The predicted molar refractivity (Wildman–Crippen MR) is 51.0 cm³/mol. The maximum absolute atomic E-state index is 13.1. The Kier molecular flexibility index (Phi) is 4.42. The summed E-state index contributed by atoms with van der Waals surface area (Å²) in [4.78, 5) is 21.9. The van der Waals surface area contributed by atoms with Gasteiger partial charge < -0.3 is 0 Å². The van der Waals surface area contributed by atoms with E-state index in [2.05, 4.69) is 11.6 Å². The second kappa shape index (κ2) is 5.39. The summed E-state index contributed by atoms with van der Waals surface area (Å²) in [5.41, 5.74) is -1.98. The zero-order valence-electron chi connectivity index (χ0n) is 9.05. The summed E-state index contributed by atoms with van der Waals surface area (Å²) in [6, 6.07) is 0. The zero-order chi connectivity index (χ0) is 15.8. The van der Waals surface area contributed by atoms with E-state index in [0.29, 0.717) is 0 Å². The number of Topliss-reactive ketones (excluding diaryl/α,β-unsaturated/α-hetero) is 2.